The second kappa shape index (κ2) is 5.83. The maximum absolute atomic E-state index is 3.48. The molecule has 0 heterocycles. The summed E-state index contributed by atoms with van der Waals surface area (Å²) in [4.78, 5) is 0. The summed E-state index contributed by atoms with van der Waals surface area (Å²) < 4.78 is 2.26. The fourth-order valence-electron chi connectivity index (χ4n) is 2.05. The van der Waals surface area contributed by atoms with Crippen molar-refractivity contribution in [2.45, 2.75) is 19.3 Å². The minimum atomic E-state index is 0.483. The van der Waals surface area contributed by atoms with Crippen LogP contribution in [-0.2, 0) is 0 Å². The predicted octanol–water partition coefficient (Wildman–Crippen LogP) is 5.75. The Balaban J connectivity index is 2.33. The van der Waals surface area contributed by atoms with E-state index in [1.165, 1.54) is 11.1 Å². The van der Waals surface area contributed by atoms with Crippen LogP contribution in [0, 0.1) is 0 Å². The van der Waals surface area contributed by atoms with Gasteiger partial charge in [-0.05, 0) is 41.8 Å². The van der Waals surface area contributed by atoms with E-state index in [1.807, 2.05) is 0 Å². The highest BCUT2D eigenvalue weighted by molar-refractivity contribution is 9.10. The molecule has 2 rings (SSSR count). The van der Waals surface area contributed by atoms with Gasteiger partial charge in [0.15, 0.2) is 0 Å². The van der Waals surface area contributed by atoms with Crippen LogP contribution in [0.5, 0.6) is 0 Å². The van der Waals surface area contributed by atoms with Gasteiger partial charge in [0, 0.05) is 14.9 Å². The van der Waals surface area contributed by atoms with Crippen LogP contribution in [0.3, 0.4) is 0 Å². The molecular weight excluding hydrogens is 340 g/mol. The van der Waals surface area contributed by atoms with Gasteiger partial charge in [-0.1, -0.05) is 63.0 Å². The Morgan fingerprint density at radius 3 is 1.41 bits per heavy atom. The number of hydrogen-bond donors (Lipinski definition) is 0. The van der Waals surface area contributed by atoms with E-state index < -0.39 is 0 Å². The first-order valence-electron chi connectivity index (χ1n) is 5.71. The summed E-state index contributed by atoms with van der Waals surface area (Å²) in [5.41, 5.74) is 2.75. The lowest BCUT2D eigenvalue weighted by atomic mass is 9.89. The normalized spacial score (nSPS) is 10.8. The first-order chi connectivity index (χ1) is 8.20. The fraction of sp³-hybridized carbons (Fsp3) is 0.200. The number of rotatable bonds is 3. The predicted molar refractivity (Wildman–Crippen MR) is 80.4 cm³/mol. The topological polar surface area (TPSA) is 0 Å². The zero-order valence-corrected chi connectivity index (χ0v) is 12.8. The minimum Gasteiger partial charge on any atom is -0.0645 e. The van der Waals surface area contributed by atoms with E-state index in [4.69, 9.17) is 0 Å². The summed E-state index contributed by atoms with van der Waals surface area (Å²) in [7, 11) is 0. The van der Waals surface area contributed by atoms with Gasteiger partial charge in [0.1, 0.15) is 0 Å². The molecule has 0 nitrogen and oxygen atoms in total. The van der Waals surface area contributed by atoms with E-state index in [0.29, 0.717) is 5.92 Å². The third-order valence-corrected chi connectivity index (χ3v) is 4.01. The second-order valence-electron chi connectivity index (χ2n) is 4.06. The Morgan fingerprint density at radius 1 is 0.765 bits per heavy atom. The van der Waals surface area contributed by atoms with E-state index in [-0.39, 0.29) is 0 Å². The second-order valence-corrected chi connectivity index (χ2v) is 5.90. The molecule has 2 aromatic carbocycles. The summed E-state index contributed by atoms with van der Waals surface area (Å²) in [5, 5.41) is 0. The Labute approximate surface area is 119 Å². The fourth-order valence-corrected chi connectivity index (χ4v) is 2.58. The Hall–Kier alpha value is -0.600. The van der Waals surface area contributed by atoms with Crippen molar-refractivity contribution in [1.29, 1.82) is 0 Å². The zero-order chi connectivity index (χ0) is 12.3. The van der Waals surface area contributed by atoms with Crippen molar-refractivity contribution in [2.24, 2.45) is 0 Å². The van der Waals surface area contributed by atoms with E-state index in [9.17, 15) is 0 Å². The molecule has 88 valence electrons. The molecular formula is C15H14Br2. The van der Waals surface area contributed by atoms with Crippen LogP contribution in [0.25, 0.3) is 0 Å². The molecule has 2 aromatic rings. The molecule has 17 heavy (non-hydrogen) atoms. The van der Waals surface area contributed by atoms with Gasteiger partial charge in [0.25, 0.3) is 0 Å². The highest BCUT2D eigenvalue weighted by atomic mass is 79.9. The average molecular weight is 354 g/mol. The molecule has 0 saturated heterocycles. The van der Waals surface area contributed by atoms with Crippen molar-refractivity contribution in [1.82, 2.24) is 0 Å². The van der Waals surface area contributed by atoms with Crippen molar-refractivity contribution in [3.63, 3.8) is 0 Å². The Morgan fingerprint density at radius 2 is 1.12 bits per heavy atom. The van der Waals surface area contributed by atoms with Crippen LogP contribution >= 0.6 is 31.9 Å². The smallest absolute Gasteiger partial charge is 0.0175 e. The van der Waals surface area contributed by atoms with Crippen LogP contribution in [0.15, 0.2) is 57.5 Å². The monoisotopic (exact) mass is 352 g/mol. The van der Waals surface area contributed by atoms with Crippen molar-refractivity contribution >= 4 is 31.9 Å². The quantitative estimate of drug-likeness (QED) is 0.658. The van der Waals surface area contributed by atoms with Gasteiger partial charge >= 0.3 is 0 Å². The van der Waals surface area contributed by atoms with Gasteiger partial charge in [-0.3, -0.25) is 0 Å². The lowest BCUT2D eigenvalue weighted by Crippen LogP contribution is -1.99. The largest absolute Gasteiger partial charge is 0.0645 e. The maximum Gasteiger partial charge on any atom is 0.0175 e. The van der Waals surface area contributed by atoms with E-state index >= 15 is 0 Å². The molecule has 0 unspecified atom stereocenters. The zero-order valence-electron chi connectivity index (χ0n) is 9.66. The standard InChI is InChI=1S/C15H14Br2/c1-2-15(11-3-7-13(16)8-4-11)12-5-9-14(17)10-6-12/h3-10,15H,2H2,1H3. The summed E-state index contributed by atoms with van der Waals surface area (Å²) in [6.07, 6.45) is 1.11. The van der Waals surface area contributed by atoms with Crippen LogP contribution < -0.4 is 0 Å². The molecule has 0 atom stereocenters. The SMILES string of the molecule is CCC(c1ccc(Br)cc1)c1ccc(Br)cc1. The van der Waals surface area contributed by atoms with Gasteiger partial charge < -0.3 is 0 Å². The third-order valence-electron chi connectivity index (χ3n) is 2.95. The number of benzene rings is 2. The van der Waals surface area contributed by atoms with Gasteiger partial charge in [-0.2, -0.15) is 0 Å². The molecule has 0 aliphatic heterocycles. The first kappa shape index (κ1) is 12.8. The maximum atomic E-state index is 3.48. The Bertz CT molecular complexity index is 426. The van der Waals surface area contributed by atoms with E-state index in [2.05, 4.69) is 87.3 Å². The van der Waals surface area contributed by atoms with E-state index in [1.54, 1.807) is 0 Å². The molecule has 0 N–H and O–H groups in total. The molecule has 0 spiro atoms. The summed E-state index contributed by atoms with van der Waals surface area (Å²) >= 11 is 6.95. The summed E-state index contributed by atoms with van der Waals surface area (Å²) in [6.45, 7) is 2.23. The third kappa shape index (κ3) is 3.20. The van der Waals surface area contributed by atoms with Crippen LogP contribution in [-0.4, -0.2) is 0 Å². The molecule has 0 aliphatic carbocycles. The number of halogens is 2. The lowest BCUT2D eigenvalue weighted by Gasteiger charge is -2.16. The molecule has 0 radical (unpaired) electrons. The molecule has 2 heteroatoms. The van der Waals surface area contributed by atoms with Crippen LogP contribution in [0.4, 0.5) is 0 Å². The first-order valence-corrected chi connectivity index (χ1v) is 7.30. The molecule has 0 aliphatic rings. The van der Waals surface area contributed by atoms with Crippen LogP contribution in [0.2, 0.25) is 0 Å². The van der Waals surface area contributed by atoms with Crippen molar-refractivity contribution in [2.75, 3.05) is 0 Å². The van der Waals surface area contributed by atoms with Crippen molar-refractivity contribution < 1.29 is 0 Å². The summed E-state index contributed by atoms with van der Waals surface area (Å²) in [6, 6.07) is 17.2. The highest BCUT2D eigenvalue weighted by Gasteiger charge is 2.11. The summed E-state index contributed by atoms with van der Waals surface area (Å²) in [5.74, 6) is 0.483. The van der Waals surface area contributed by atoms with Crippen molar-refractivity contribution in [3.05, 3.63) is 68.6 Å². The van der Waals surface area contributed by atoms with E-state index in [0.717, 1.165) is 15.4 Å². The van der Waals surface area contributed by atoms with Gasteiger partial charge in [0.2, 0.25) is 0 Å². The average Bonchev–Trinajstić information content (AvgIpc) is 2.35. The van der Waals surface area contributed by atoms with Gasteiger partial charge in [-0.25, -0.2) is 0 Å². The molecule has 0 aromatic heterocycles. The minimum absolute atomic E-state index is 0.483. The molecule has 0 bridgehead atoms. The highest BCUT2D eigenvalue weighted by Crippen LogP contribution is 2.29. The Kier molecular flexibility index (Phi) is 4.41. The van der Waals surface area contributed by atoms with Crippen LogP contribution in [0.1, 0.15) is 30.4 Å². The van der Waals surface area contributed by atoms with Gasteiger partial charge in [-0.15, -0.1) is 0 Å². The molecule has 0 amide bonds. The lowest BCUT2D eigenvalue weighted by molar-refractivity contribution is 0.777. The molecule has 0 fully saturated rings. The molecule has 0 saturated carbocycles. The number of hydrogen-bond acceptors (Lipinski definition) is 0. The van der Waals surface area contributed by atoms with Gasteiger partial charge in [0.05, 0.1) is 0 Å². The van der Waals surface area contributed by atoms with Crippen molar-refractivity contribution in [3.8, 4) is 0 Å².